The molecule has 0 aliphatic carbocycles. The fraction of sp³-hybridized carbons (Fsp3) is 1.00. The monoisotopic (exact) mass is 198 g/mol. The van der Waals surface area contributed by atoms with E-state index in [4.69, 9.17) is 0 Å². The smallest absolute Gasteiger partial charge is 0.0765 e. The van der Waals surface area contributed by atoms with E-state index in [1.54, 1.807) is 0 Å². The summed E-state index contributed by atoms with van der Waals surface area (Å²) in [5.74, 6) is 0. The summed E-state index contributed by atoms with van der Waals surface area (Å²) < 4.78 is 0. The molecular weight excluding hydrogens is 172 g/mol. The van der Waals surface area contributed by atoms with E-state index < -0.39 is 0 Å². The molecule has 0 heterocycles. The van der Waals surface area contributed by atoms with Crippen LogP contribution in [-0.4, -0.2) is 11.6 Å². The van der Waals surface area contributed by atoms with E-state index in [9.17, 15) is 0 Å². The summed E-state index contributed by atoms with van der Waals surface area (Å²) in [6.45, 7) is 15.3. The van der Waals surface area contributed by atoms with Gasteiger partial charge in [0.15, 0.2) is 0 Å². The van der Waals surface area contributed by atoms with E-state index in [-0.39, 0.29) is 5.54 Å². The quantitative estimate of drug-likeness (QED) is 0.596. The van der Waals surface area contributed by atoms with Crippen LogP contribution in [0, 0.1) is 5.41 Å². The average molecular weight is 198 g/mol. The molecule has 0 aromatic heterocycles. The lowest BCUT2D eigenvalue weighted by Crippen LogP contribution is -2.24. The van der Waals surface area contributed by atoms with Crippen LogP contribution in [0.25, 0.3) is 0 Å². The van der Waals surface area contributed by atoms with Crippen LogP contribution in [0.3, 0.4) is 0 Å². The second kappa shape index (κ2) is 4.90. The van der Waals surface area contributed by atoms with Crippen molar-refractivity contribution in [2.24, 2.45) is 15.6 Å². The van der Waals surface area contributed by atoms with Crippen molar-refractivity contribution >= 4 is 0 Å². The third kappa shape index (κ3) is 7.05. The minimum absolute atomic E-state index is 0.0261. The van der Waals surface area contributed by atoms with E-state index in [2.05, 4.69) is 58.7 Å². The van der Waals surface area contributed by atoms with Crippen molar-refractivity contribution in [3.05, 3.63) is 0 Å². The van der Waals surface area contributed by atoms with Crippen LogP contribution in [0.4, 0.5) is 0 Å². The number of hydrogen-bond donors (Lipinski definition) is 0. The largest absolute Gasteiger partial charge is 0.191 e. The molecule has 0 aliphatic heterocycles. The lowest BCUT2D eigenvalue weighted by molar-refractivity contribution is 0.277. The molecule has 0 aromatic rings. The van der Waals surface area contributed by atoms with Gasteiger partial charge in [0.1, 0.15) is 0 Å². The topological polar surface area (TPSA) is 24.7 Å². The Hall–Kier alpha value is -0.400. The standard InChI is InChI=1S/C12H26N2/c1-8-10(2)13-14-12(6,7)9-11(3,4)5/h10H,8-9H2,1-7H3. The molecule has 0 aromatic carbocycles. The maximum absolute atomic E-state index is 4.44. The predicted molar refractivity (Wildman–Crippen MR) is 62.8 cm³/mol. The highest BCUT2D eigenvalue weighted by atomic mass is 15.2. The maximum atomic E-state index is 4.44. The molecule has 84 valence electrons. The Kier molecular flexibility index (Phi) is 4.76. The normalized spacial score (nSPS) is 16.2. The van der Waals surface area contributed by atoms with Gasteiger partial charge < -0.3 is 0 Å². The van der Waals surface area contributed by atoms with Crippen molar-refractivity contribution in [1.82, 2.24) is 0 Å². The van der Waals surface area contributed by atoms with Crippen LogP contribution in [0.15, 0.2) is 10.2 Å². The van der Waals surface area contributed by atoms with Gasteiger partial charge in [-0.25, -0.2) is 0 Å². The summed E-state index contributed by atoms with van der Waals surface area (Å²) in [6.07, 6.45) is 2.13. The van der Waals surface area contributed by atoms with E-state index >= 15 is 0 Å². The SMILES string of the molecule is CCC(C)N=NC(C)(C)CC(C)(C)C. The van der Waals surface area contributed by atoms with Gasteiger partial charge in [-0.05, 0) is 39.0 Å². The molecule has 0 amide bonds. The first-order valence-electron chi connectivity index (χ1n) is 5.58. The van der Waals surface area contributed by atoms with Gasteiger partial charge >= 0.3 is 0 Å². The lowest BCUT2D eigenvalue weighted by atomic mass is 9.82. The highest BCUT2D eigenvalue weighted by molar-refractivity contribution is 4.82. The molecule has 0 spiro atoms. The summed E-state index contributed by atoms with van der Waals surface area (Å²) in [6, 6.07) is 0.356. The van der Waals surface area contributed by atoms with Gasteiger partial charge in [-0.3, -0.25) is 0 Å². The molecule has 1 atom stereocenters. The Bertz CT molecular complexity index is 187. The molecule has 0 aliphatic rings. The number of hydrogen-bond acceptors (Lipinski definition) is 2. The molecule has 14 heavy (non-hydrogen) atoms. The summed E-state index contributed by atoms with van der Waals surface area (Å²) in [5, 5.41) is 8.76. The Morgan fingerprint density at radius 1 is 1.07 bits per heavy atom. The molecule has 2 heteroatoms. The molecular formula is C12H26N2. The van der Waals surface area contributed by atoms with Crippen molar-refractivity contribution < 1.29 is 0 Å². The summed E-state index contributed by atoms with van der Waals surface area (Å²) in [7, 11) is 0. The molecule has 0 radical (unpaired) electrons. The predicted octanol–water partition coefficient (Wildman–Crippen LogP) is 4.45. The van der Waals surface area contributed by atoms with Crippen LogP contribution in [0.2, 0.25) is 0 Å². The highest BCUT2D eigenvalue weighted by Gasteiger charge is 2.25. The van der Waals surface area contributed by atoms with Crippen LogP contribution < -0.4 is 0 Å². The summed E-state index contributed by atoms with van der Waals surface area (Å²) in [4.78, 5) is 0. The maximum Gasteiger partial charge on any atom is 0.0765 e. The zero-order valence-electron chi connectivity index (χ0n) is 10.9. The molecule has 0 bridgehead atoms. The van der Waals surface area contributed by atoms with Crippen molar-refractivity contribution in [3.63, 3.8) is 0 Å². The molecule has 0 rings (SSSR count). The first-order chi connectivity index (χ1) is 6.16. The third-order valence-corrected chi connectivity index (χ3v) is 2.08. The van der Waals surface area contributed by atoms with Gasteiger partial charge in [0, 0.05) is 0 Å². The summed E-state index contributed by atoms with van der Waals surface area (Å²) in [5.41, 5.74) is 0.291. The third-order valence-electron chi connectivity index (χ3n) is 2.08. The van der Waals surface area contributed by atoms with Gasteiger partial charge in [-0.15, -0.1) is 0 Å². The lowest BCUT2D eigenvalue weighted by Gasteiger charge is -2.28. The minimum atomic E-state index is -0.0261. The number of azo groups is 1. The zero-order chi connectivity index (χ0) is 11.4. The molecule has 0 saturated heterocycles. The van der Waals surface area contributed by atoms with E-state index in [0.717, 1.165) is 12.8 Å². The van der Waals surface area contributed by atoms with Crippen LogP contribution in [-0.2, 0) is 0 Å². The van der Waals surface area contributed by atoms with Crippen LogP contribution in [0.5, 0.6) is 0 Å². The van der Waals surface area contributed by atoms with E-state index in [1.807, 2.05) is 0 Å². The van der Waals surface area contributed by atoms with Gasteiger partial charge in [0.25, 0.3) is 0 Å². The molecule has 0 saturated carbocycles. The average Bonchev–Trinajstić information content (AvgIpc) is 1.96. The Morgan fingerprint density at radius 2 is 1.57 bits per heavy atom. The van der Waals surface area contributed by atoms with Gasteiger partial charge in [-0.2, -0.15) is 10.2 Å². The van der Waals surface area contributed by atoms with Crippen molar-refractivity contribution in [2.75, 3.05) is 0 Å². The zero-order valence-corrected chi connectivity index (χ0v) is 10.9. The second-order valence-electron chi connectivity index (χ2n) is 6.02. The van der Waals surface area contributed by atoms with Crippen molar-refractivity contribution in [1.29, 1.82) is 0 Å². The minimum Gasteiger partial charge on any atom is -0.191 e. The van der Waals surface area contributed by atoms with E-state index in [1.165, 1.54) is 0 Å². The fourth-order valence-electron chi connectivity index (χ4n) is 1.67. The summed E-state index contributed by atoms with van der Waals surface area (Å²) >= 11 is 0. The molecule has 1 unspecified atom stereocenters. The Balaban J connectivity index is 4.27. The van der Waals surface area contributed by atoms with Crippen molar-refractivity contribution in [3.8, 4) is 0 Å². The molecule has 0 N–H and O–H groups in total. The Morgan fingerprint density at radius 3 is 1.93 bits per heavy atom. The molecule has 2 nitrogen and oxygen atoms in total. The first-order valence-corrected chi connectivity index (χ1v) is 5.58. The Labute approximate surface area is 89.2 Å². The number of rotatable bonds is 4. The molecule has 0 fully saturated rings. The first kappa shape index (κ1) is 13.6. The highest BCUT2D eigenvalue weighted by Crippen LogP contribution is 2.29. The van der Waals surface area contributed by atoms with Crippen molar-refractivity contribution in [2.45, 2.75) is 72.9 Å². The van der Waals surface area contributed by atoms with Gasteiger partial charge in [0.05, 0.1) is 11.6 Å². The van der Waals surface area contributed by atoms with Crippen LogP contribution in [0.1, 0.15) is 61.3 Å². The second-order valence-corrected chi connectivity index (χ2v) is 6.02. The van der Waals surface area contributed by atoms with E-state index in [0.29, 0.717) is 11.5 Å². The van der Waals surface area contributed by atoms with Crippen LogP contribution >= 0.6 is 0 Å². The fourth-order valence-corrected chi connectivity index (χ4v) is 1.67. The van der Waals surface area contributed by atoms with Gasteiger partial charge in [-0.1, -0.05) is 27.7 Å². The number of nitrogens with zero attached hydrogens (tertiary/aromatic N) is 2. The van der Waals surface area contributed by atoms with Gasteiger partial charge in [0.2, 0.25) is 0 Å².